The van der Waals surface area contributed by atoms with Gasteiger partial charge < -0.3 is 104 Å². The minimum Gasteiger partial charge on any atom is -0.488 e. The van der Waals surface area contributed by atoms with Crippen LogP contribution in [0.1, 0.15) is 183 Å². The van der Waals surface area contributed by atoms with Gasteiger partial charge in [0.1, 0.15) is 71.7 Å². The Morgan fingerprint density at radius 1 is 0.464 bits per heavy atom. The van der Waals surface area contributed by atoms with E-state index in [2.05, 4.69) is 119 Å². The smallest absolute Gasteiger partial charge is 0.410 e. The Hall–Kier alpha value is -14.6. The summed E-state index contributed by atoms with van der Waals surface area (Å²) in [5.74, 6) is 2.60. The Morgan fingerprint density at radius 3 is 1.29 bits per heavy atom. The highest BCUT2D eigenvalue weighted by molar-refractivity contribution is 6.09. The summed E-state index contributed by atoms with van der Waals surface area (Å²) in [6.45, 7) is 20.1. The number of methoxy groups -OCH3 is 6. The van der Waals surface area contributed by atoms with E-state index in [0.717, 1.165) is 155 Å². The highest BCUT2D eigenvalue weighted by Gasteiger charge is 2.47. The van der Waals surface area contributed by atoms with Gasteiger partial charge in [0.2, 0.25) is 11.8 Å². The van der Waals surface area contributed by atoms with E-state index in [9.17, 15) is 43.2 Å². The standard InChI is InChI=1S/C49H54N8O8.C44H53N7O7.C10H11NO4/c1-26(2)41(54-48(60)63-5)47(59)57-27(3)12-17-38(57)45-51-36-16-14-30-20-35-33-15-13-31(19-32(33)25-65-40(35)21-34(30)43(36)53-45)37-22-50-44(52-37)39-18-28(24-62-4)23-56(39)46(58)42(55-49(61)64-6)29-10-8-7-9-11-29;1-23(2)37(49-42(53)56-8)41(52)51-24(3)9-14-34(51)40-46-32-13-11-26-17-31-29-12-10-27(16-28(29)22-57-36(31)18-30(26)38(32)48-40)33-19-45-39(47-33)35-15-25(21-55-7)20-50(35)43(54)58-44(4,5)6;1-15-10(14)11-8(9(12)13)7-5-3-2-4-6-7/h7-11,13-16,19-22,26-28,38-39,41-42H,12,17-18,23-25H2,1-6H3,(H,50,52)(H,51,53)(H,54,60)(H,55,61);10-13,16-19,23-25,34-35,37H,9,14-15,20-22H2,1-8H3,(H,45,47)(H,46,48)(H,49,53);2-6,8H,1H3,(H,11,14)(H,12,13)/t27-,28-,38-,39?,41-,42-;24-,25-,34-,35?,37-;8-/m000/s1. The number of benzene rings is 8. The quantitative estimate of drug-likeness (QED) is 0.0285. The number of carboxylic acids is 1. The van der Waals surface area contributed by atoms with Crippen molar-refractivity contribution in [2.24, 2.45) is 23.7 Å². The van der Waals surface area contributed by atoms with Gasteiger partial charge >= 0.3 is 36.4 Å². The topological polar surface area (TPSA) is 433 Å². The molecule has 0 aliphatic carbocycles. The van der Waals surface area contributed by atoms with Gasteiger partial charge in [-0.05, 0) is 189 Å². The first kappa shape index (κ1) is 96.5. The van der Waals surface area contributed by atoms with Gasteiger partial charge in [0.25, 0.3) is 5.91 Å². The molecular formula is C103H118N16O19. The molecule has 4 fully saturated rings. The van der Waals surface area contributed by atoms with Crippen LogP contribution in [0.5, 0.6) is 11.5 Å². The molecule has 18 rings (SSSR count). The van der Waals surface area contributed by atoms with Crippen molar-refractivity contribution in [3.63, 3.8) is 0 Å². The molecule has 9 N–H and O–H groups in total. The number of nitrogens with zero attached hydrogens (tertiary/aromatic N) is 8. The van der Waals surface area contributed by atoms with E-state index >= 15 is 0 Å². The monoisotopic (exact) mass is 1880 g/mol. The molecule has 35 nitrogen and oxygen atoms in total. The largest absolute Gasteiger partial charge is 0.488 e. The van der Waals surface area contributed by atoms with Crippen molar-refractivity contribution in [2.75, 3.05) is 69.0 Å². The average Bonchev–Trinajstić information content (AvgIpc) is 1.49. The van der Waals surface area contributed by atoms with E-state index < -0.39 is 60.1 Å². The molecule has 0 bridgehead atoms. The van der Waals surface area contributed by atoms with Crippen molar-refractivity contribution in [2.45, 2.75) is 180 Å². The van der Waals surface area contributed by atoms with Gasteiger partial charge in [0.05, 0.1) is 112 Å². The number of hydrogen-bond donors (Lipinski definition) is 9. The number of hydrogen-bond acceptors (Lipinski definition) is 22. The summed E-state index contributed by atoms with van der Waals surface area (Å²) in [5.41, 5.74) is 13.7. The Balaban J connectivity index is 0.000000174. The fourth-order valence-electron chi connectivity index (χ4n) is 19.8. The SMILES string of the molecule is COC(=O)N[C@H](C(=O)O)c1ccccc1.COC[C@H]1CC(c2ncc(-c3ccc4c(c3)COc3cc5c(ccc6[nH]c([C@@H]7CC[C@H](C)N7C(=O)[C@@H](NC(=O)OC)C(C)C)nc65)cc3-4)[nH]2)N(C(=O)OC(C)(C)C)C1.COC[C@H]1CC(c2ncc(-c3ccc4c(c3)COc3cc5c(ccc6[nH]c([C@@H]7CC[C@H](C)N7C(=O)[C@@H](NC(=O)OC)C(C)C)nc65)cc3-4)[nH]2)N(C(=O)[C@@H](NC(=O)OC)c2ccccc2)C1. The van der Waals surface area contributed by atoms with E-state index in [4.69, 9.17) is 62.9 Å². The van der Waals surface area contributed by atoms with Crippen molar-refractivity contribution in [3.05, 3.63) is 204 Å². The first-order chi connectivity index (χ1) is 66.3. The zero-order chi connectivity index (χ0) is 97.8. The molecule has 12 atom stereocenters. The third-order valence-electron chi connectivity index (χ3n) is 26.6. The maximum atomic E-state index is 14.3. The van der Waals surface area contributed by atoms with Crippen LogP contribution in [0.2, 0.25) is 0 Å². The molecule has 8 amide bonds. The number of carboxylic acid groups (broad SMARTS) is 1. The molecule has 0 radical (unpaired) electrons. The fraction of sp³-hybridized carbons (Fsp3) is 0.408. The number of aromatic nitrogens is 8. The summed E-state index contributed by atoms with van der Waals surface area (Å²) < 4.78 is 48.5. The lowest BCUT2D eigenvalue weighted by atomic mass is 9.92. The summed E-state index contributed by atoms with van der Waals surface area (Å²) in [6.07, 6.45) is 5.02. The number of aromatic amines is 4. The number of ether oxygens (including phenoxy) is 9. The van der Waals surface area contributed by atoms with Crippen LogP contribution < -0.4 is 30.7 Å². The Labute approximate surface area is 797 Å². The first-order valence-electron chi connectivity index (χ1n) is 46.5. The van der Waals surface area contributed by atoms with Crippen molar-refractivity contribution in [1.82, 2.24) is 80.7 Å². The van der Waals surface area contributed by atoms with Gasteiger partial charge in [0.15, 0.2) is 6.04 Å². The normalized spacial score (nSPS) is 19.5. The van der Waals surface area contributed by atoms with Crippen LogP contribution in [-0.4, -0.2) is 217 Å². The Morgan fingerprint density at radius 2 is 0.877 bits per heavy atom. The van der Waals surface area contributed by atoms with E-state index in [0.29, 0.717) is 68.7 Å². The molecular weight excluding hydrogens is 1770 g/mol. The van der Waals surface area contributed by atoms with Crippen LogP contribution in [0, 0.1) is 23.7 Å². The summed E-state index contributed by atoms with van der Waals surface area (Å²) >= 11 is 0. The molecule has 2 unspecified atom stereocenters. The lowest BCUT2D eigenvalue weighted by Gasteiger charge is -2.32. The number of amides is 8. The van der Waals surface area contributed by atoms with Crippen LogP contribution in [-0.2, 0) is 65.5 Å². The minimum atomic E-state index is -1.13. The number of carbonyl (C=O) groups excluding carboxylic acids is 8. The maximum absolute atomic E-state index is 14.3. The lowest BCUT2D eigenvalue weighted by Crippen LogP contribution is -2.52. The van der Waals surface area contributed by atoms with Crippen LogP contribution in [0.15, 0.2) is 158 Å². The number of nitrogens with one attached hydrogen (secondary N) is 8. The van der Waals surface area contributed by atoms with Crippen molar-refractivity contribution < 1.29 is 90.9 Å². The molecule has 6 aliphatic rings. The number of imidazole rings is 4. The maximum Gasteiger partial charge on any atom is 0.410 e. The number of carbonyl (C=O) groups is 9. The predicted molar refractivity (Wildman–Crippen MR) is 514 cm³/mol. The zero-order valence-electron chi connectivity index (χ0n) is 80.0. The van der Waals surface area contributed by atoms with Gasteiger partial charge in [0, 0.05) is 73.1 Å². The molecule has 35 heteroatoms. The fourth-order valence-corrected chi connectivity index (χ4v) is 19.8. The summed E-state index contributed by atoms with van der Waals surface area (Å²) in [5, 5.41) is 23.3. The van der Waals surface area contributed by atoms with Crippen molar-refractivity contribution in [3.8, 4) is 56.3 Å². The third kappa shape index (κ3) is 20.3. The molecule has 4 aromatic heterocycles. The van der Waals surface area contributed by atoms with Crippen molar-refractivity contribution in [1.29, 1.82) is 0 Å². The predicted octanol–water partition coefficient (Wildman–Crippen LogP) is 16.9. The molecule has 8 aromatic carbocycles. The number of likely N-dealkylation sites (tertiary alicyclic amines) is 4. The number of rotatable bonds is 22. The van der Waals surface area contributed by atoms with Gasteiger partial charge in [-0.25, -0.2) is 48.7 Å². The molecule has 0 saturated carbocycles. The molecule has 138 heavy (non-hydrogen) atoms. The second kappa shape index (κ2) is 41.1. The van der Waals surface area contributed by atoms with Crippen LogP contribution >= 0.6 is 0 Å². The second-order valence-corrected chi connectivity index (χ2v) is 37.6. The van der Waals surface area contributed by atoms with Gasteiger partial charge in [-0.15, -0.1) is 0 Å². The van der Waals surface area contributed by atoms with Crippen LogP contribution in [0.25, 0.3) is 88.4 Å². The highest BCUT2D eigenvalue weighted by Crippen LogP contribution is 2.48. The molecule has 10 heterocycles. The van der Waals surface area contributed by atoms with Crippen LogP contribution in [0.4, 0.5) is 24.0 Å². The Bertz CT molecular complexity index is 6550. The number of aliphatic carboxylic acids is 1. The van der Waals surface area contributed by atoms with Gasteiger partial charge in [-0.3, -0.25) is 19.3 Å². The van der Waals surface area contributed by atoms with E-state index in [1.807, 2.05) is 121 Å². The Kier molecular flexibility index (Phi) is 28.8. The first-order valence-corrected chi connectivity index (χ1v) is 46.5. The average molecular weight is 1880 g/mol. The molecule has 4 saturated heterocycles. The van der Waals surface area contributed by atoms with Gasteiger partial charge in [-0.2, -0.15) is 0 Å². The zero-order valence-corrected chi connectivity index (χ0v) is 80.0. The second-order valence-electron chi connectivity index (χ2n) is 37.6. The van der Waals surface area contributed by atoms with E-state index in [1.54, 1.807) is 60.5 Å². The minimum absolute atomic E-state index is 0.0184. The highest BCUT2D eigenvalue weighted by atomic mass is 16.6. The van der Waals surface area contributed by atoms with E-state index in [1.165, 1.54) is 28.4 Å². The summed E-state index contributed by atoms with van der Waals surface area (Å²) in [4.78, 5) is 155. The summed E-state index contributed by atoms with van der Waals surface area (Å²) in [6, 6.07) is 42.1. The van der Waals surface area contributed by atoms with Crippen LogP contribution in [0.3, 0.4) is 0 Å². The summed E-state index contributed by atoms with van der Waals surface area (Å²) in [7, 11) is 8.38. The lowest BCUT2D eigenvalue weighted by molar-refractivity contribution is -0.140. The number of H-pyrrole nitrogens is 4. The number of alkyl carbamates (subject to hydrolysis) is 4. The number of fused-ring (bicyclic) bond motifs is 12. The van der Waals surface area contributed by atoms with Gasteiger partial charge in [-0.1, -0.05) is 125 Å². The molecule has 12 aromatic rings. The molecule has 0 spiro atoms. The van der Waals surface area contributed by atoms with Crippen molar-refractivity contribution >= 4 is 97.8 Å². The van der Waals surface area contributed by atoms with E-state index in [-0.39, 0.29) is 83.7 Å². The molecule has 724 valence electrons. The molecule has 6 aliphatic heterocycles. The third-order valence-corrected chi connectivity index (χ3v) is 26.6.